The number of hydrogen-bond donors (Lipinski definition) is 3. The fraction of sp³-hybridized carbons (Fsp3) is 0.450. The Kier molecular flexibility index (Phi) is 7.94. The average Bonchev–Trinajstić information content (AvgIpc) is 3.19. The third-order valence-electron chi connectivity index (χ3n) is 4.13. The third kappa shape index (κ3) is 6.35. The molecule has 1 unspecified atom stereocenters. The van der Waals surface area contributed by atoms with Crippen LogP contribution in [0.4, 0.5) is 0 Å². The second-order valence-electron chi connectivity index (χ2n) is 6.36. The van der Waals surface area contributed by atoms with Crippen LogP contribution in [0.5, 0.6) is 5.75 Å². The summed E-state index contributed by atoms with van der Waals surface area (Å²) in [6, 6.07) is 10.1. The van der Waals surface area contributed by atoms with E-state index in [9.17, 15) is 5.11 Å². The van der Waals surface area contributed by atoms with Crippen LogP contribution in [0.25, 0.3) is 0 Å². The first-order valence-corrected chi connectivity index (χ1v) is 9.89. The molecule has 3 N–H and O–H groups in total. The average molecular weight is 376 g/mol. The van der Waals surface area contributed by atoms with E-state index in [1.54, 1.807) is 25.4 Å². The van der Waals surface area contributed by atoms with Crippen LogP contribution >= 0.6 is 11.3 Å². The van der Waals surface area contributed by atoms with E-state index >= 15 is 0 Å². The number of rotatable bonds is 9. The Labute approximate surface area is 160 Å². The van der Waals surface area contributed by atoms with Crippen molar-refractivity contribution in [3.05, 3.63) is 52.2 Å². The van der Waals surface area contributed by atoms with Crippen molar-refractivity contribution in [2.75, 3.05) is 26.7 Å². The zero-order chi connectivity index (χ0) is 18.8. The van der Waals surface area contributed by atoms with Gasteiger partial charge in [-0.05, 0) is 66.8 Å². The number of thiophene rings is 1. The molecule has 0 saturated heterocycles. The molecule has 1 aromatic carbocycles. The normalized spacial score (nSPS) is 13.9. The summed E-state index contributed by atoms with van der Waals surface area (Å²) in [7, 11) is 1.68. The van der Waals surface area contributed by atoms with Crippen LogP contribution in [0.1, 0.15) is 31.4 Å². The molecule has 1 heterocycles. The van der Waals surface area contributed by atoms with Gasteiger partial charge in [-0.25, -0.2) is 4.99 Å². The van der Waals surface area contributed by atoms with Crippen LogP contribution in [0.2, 0.25) is 0 Å². The Morgan fingerprint density at radius 3 is 2.62 bits per heavy atom. The number of hydrogen-bond acceptors (Lipinski definition) is 4. The van der Waals surface area contributed by atoms with Crippen molar-refractivity contribution in [3.63, 3.8) is 0 Å². The monoisotopic (exact) mass is 375 g/mol. The number of aliphatic hydroxyl groups is 1. The third-order valence-corrected chi connectivity index (χ3v) is 4.81. The standard InChI is InChI=1S/C20H29N3O2S/c1-4-21-19(23-15-20(2,24)17-11-13-26-14-17)22-12-5-6-16-7-9-18(25-3)10-8-16/h7-11,13-14,24H,4-6,12,15H2,1-3H3,(H2,21,22,23). The lowest BCUT2D eigenvalue weighted by atomic mass is 10.00. The lowest BCUT2D eigenvalue weighted by Crippen LogP contribution is -2.39. The van der Waals surface area contributed by atoms with E-state index in [0.717, 1.165) is 43.2 Å². The number of ether oxygens (including phenoxy) is 1. The van der Waals surface area contributed by atoms with E-state index in [4.69, 9.17) is 4.74 Å². The van der Waals surface area contributed by atoms with Crippen LogP contribution in [0, 0.1) is 0 Å². The Balaban J connectivity index is 1.81. The summed E-state index contributed by atoms with van der Waals surface area (Å²) >= 11 is 1.58. The molecule has 0 amide bonds. The van der Waals surface area contributed by atoms with E-state index in [0.29, 0.717) is 6.54 Å². The van der Waals surface area contributed by atoms with Crippen molar-refractivity contribution < 1.29 is 9.84 Å². The van der Waals surface area contributed by atoms with Gasteiger partial charge in [0, 0.05) is 13.1 Å². The fourth-order valence-corrected chi connectivity index (χ4v) is 3.31. The molecule has 0 aliphatic heterocycles. The highest BCUT2D eigenvalue weighted by molar-refractivity contribution is 7.08. The lowest BCUT2D eigenvalue weighted by Gasteiger charge is -2.21. The van der Waals surface area contributed by atoms with Crippen LogP contribution in [-0.4, -0.2) is 37.8 Å². The number of nitrogens with one attached hydrogen (secondary N) is 2. The predicted molar refractivity (Wildman–Crippen MR) is 109 cm³/mol. The van der Waals surface area contributed by atoms with Gasteiger partial charge in [0.15, 0.2) is 5.96 Å². The lowest BCUT2D eigenvalue weighted by molar-refractivity contribution is 0.0677. The van der Waals surface area contributed by atoms with Gasteiger partial charge in [-0.3, -0.25) is 0 Å². The first kappa shape index (κ1) is 20.3. The van der Waals surface area contributed by atoms with Gasteiger partial charge in [-0.1, -0.05) is 12.1 Å². The van der Waals surface area contributed by atoms with Crippen LogP contribution in [-0.2, 0) is 12.0 Å². The van der Waals surface area contributed by atoms with Crippen molar-refractivity contribution in [1.29, 1.82) is 0 Å². The molecular weight excluding hydrogens is 346 g/mol. The van der Waals surface area contributed by atoms with Gasteiger partial charge < -0.3 is 20.5 Å². The topological polar surface area (TPSA) is 65.9 Å². The van der Waals surface area contributed by atoms with Crippen LogP contribution in [0.3, 0.4) is 0 Å². The quantitative estimate of drug-likeness (QED) is 0.358. The smallest absolute Gasteiger partial charge is 0.191 e. The van der Waals surface area contributed by atoms with Gasteiger partial charge in [0.05, 0.1) is 13.7 Å². The summed E-state index contributed by atoms with van der Waals surface area (Å²) < 4.78 is 5.18. The molecule has 1 aromatic heterocycles. The molecule has 0 radical (unpaired) electrons. The number of aliphatic imine (C=N–C) groups is 1. The molecule has 26 heavy (non-hydrogen) atoms. The maximum atomic E-state index is 10.6. The Bertz CT molecular complexity index is 667. The van der Waals surface area contributed by atoms with Gasteiger partial charge in [0.1, 0.15) is 11.4 Å². The highest BCUT2D eigenvalue weighted by atomic mass is 32.1. The van der Waals surface area contributed by atoms with Gasteiger partial charge in [0.25, 0.3) is 0 Å². The number of nitrogens with zero attached hydrogens (tertiary/aromatic N) is 1. The summed E-state index contributed by atoms with van der Waals surface area (Å²) in [5.41, 5.74) is 1.24. The zero-order valence-corrected chi connectivity index (χ0v) is 16.6. The summed E-state index contributed by atoms with van der Waals surface area (Å²) in [6.07, 6.45) is 1.99. The van der Waals surface area contributed by atoms with Crippen molar-refractivity contribution in [2.45, 2.75) is 32.3 Å². The van der Waals surface area contributed by atoms with Gasteiger partial charge in [-0.15, -0.1) is 0 Å². The van der Waals surface area contributed by atoms with Gasteiger partial charge in [-0.2, -0.15) is 11.3 Å². The number of methoxy groups -OCH3 is 1. The minimum absolute atomic E-state index is 0.317. The fourth-order valence-electron chi connectivity index (χ4n) is 2.53. The molecule has 0 spiro atoms. The van der Waals surface area contributed by atoms with Crippen LogP contribution in [0.15, 0.2) is 46.1 Å². The van der Waals surface area contributed by atoms with E-state index in [1.807, 2.05) is 35.9 Å². The van der Waals surface area contributed by atoms with E-state index in [1.165, 1.54) is 5.56 Å². The molecule has 142 valence electrons. The van der Waals surface area contributed by atoms with E-state index < -0.39 is 5.60 Å². The maximum Gasteiger partial charge on any atom is 0.191 e. The van der Waals surface area contributed by atoms with Gasteiger partial charge >= 0.3 is 0 Å². The highest BCUT2D eigenvalue weighted by Crippen LogP contribution is 2.23. The SMILES string of the molecule is CCNC(=NCC(C)(O)c1ccsc1)NCCCc1ccc(OC)cc1. The minimum Gasteiger partial charge on any atom is -0.497 e. The molecule has 0 aliphatic rings. The first-order chi connectivity index (χ1) is 12.5. The molecule has 0 saturated carbocycles. The zero-order valence-electron chi connectivity index (χ0n) is 15.8. The molecular formula is C20H29N3O2S. The molecule has 0 bridgehead atoms. The molecule has 5 nitrogen and oxygen atoms in total. The van der Waals surface area contributed by atoms with Crippen molar-refractivity contribution in [1.82, 2.24) is 10.6 Å². The summed E-state index contributed by atoms with van der Waals surface area (Å²) in [4.78, 5) is 4.54. The molecule has 1 atom stereocenters. The summed E-state index contributed by atoms with van der Waals surface area (Å²) in [5, 5.41) is 21.1. The number of aryl methyl sites for hydroxylation is 1. The second-order valence-corrected chi connectivity index (χ2v) is 7.14. The molecule has 2 rings (SSSR count). The largest absolute Gasteiger partial charge is 0.497 e. The first-order valence-electron chi connectivity index (χ1n) is 8.95. The predicted octanol–water partition coefficient (Wildman–Crippen LogP) is 3.15. The van der Waals surface area contributed by atoms with Crippen LogP contribution < -0.4 is 15.4 Å². The molecule has 6 heteroatoms. The van der Waals surface area contributed by atoms with Crippen molar-refractivity contribution >= 4 is 17.3 Å². The second kappa shape index (κ2) is 10.2. The Hall–Kier alpha value is -2.05. The highest BCUT2D eigenvalue weighted by Gasteiger charge is 2.23. The van der Waals surface area contributed by atoms with Crippen molar-refractivity contribution in [2.24, 2.45) is 4.99 Å². The number of guanidine groups is 1. The summed E-state index contributed by atoms with van der Waals surface area (Å²) in [6.45, 7) is 5.75. The minimum atomic E-state index is -0.953. The molecule has 0 aliphatic carbocycles. The molecule has 0 fully saturated rings. The number of benzene rings is 1. The van der Waals surface area contributed by atoms with Crippen molar-refractivity contribution in [3.8, 4) is 5.75 Å². The maximum absolute atomic E-state index is 10.6. The Morgan fingerprint density at radius 1 is 1.23 bits per heavy atom. The Morgan fingerprint density at radius 2 is 2.00 bits per heavy atom. The van der Waals surface area contributed by atoms with E-state index in [-0.39, 0.29) is 0 Å². The molecule has 2 aromatic rings. The van der Waals surface area contributed by atoms with E-state index in [2.05, 4.69) is 27.8 Å². The summed E-state index contributed by atoms with van der Waals surface area (Å²) in [5.74, 6) is 1.61. The van der Waals surface area contributed by atoms with Gasteiger partial charge in [0.2, 0.25) is 0 Å².